The van der Waals surface area contributed by atoms with Crippen LogP contribution in [0.15, 0.2) is 24.8 Å². The Bertz CT molecular complexity index is 289. The first kappa shape index (κ1) is 15.3. The number of aliphatic hydroxyl groups is 2. The molecule has 96 valence electrons. The third-order valence-corrected chi connectivity index (χ3v) is 1.79. The van der Waals surface area contributed by atoms with Gasteiger partial charge < -0.3 is 10.2 Å². The molecule has 17 heavy (non-hydrogen) atoms. The summed E-state index contributed by atoms with van der Waals surface area (Å²) in [5.74, 6) is -0.908. The predicted molar refractivity (Wildman–Crippen MR) is 62.6 cm³/mol. The average molecular weight is 242 g/mol. The molecular weight excluding hydrogens is 224 g/mol. The van der Waals surface area contributed by atoms with E-state index >= 15 is 0 Å². The second-order valence-electron chi connectivity index (χ2n) is 3.16. The van der Waals surface area contributed by atoms with E-state index in [2.05, 4.69) is 12.0 Å². The molecule has 0 aliphatic heterocycles. The summed E-state index contributed by atoms with van der Waals surface area (Å²) in [5.41, 5.74) is 2.36. The quantitative estimate of drug-likeness (QED) is 0.409. The highest BCUT2D eigenvalue weighted by Crippen LogP contribution is 1.91. The smallest absolute Gasteiger partial charge is 0.264 e. The SMILES string of the molecule is C=CC(=O)N(CCCO)NC(=O)C=CCCO. The standard InChI is InChI=1S/C11H18N2O4/c1-2-11(17)13(7-5-9-15)12-10(16)6-3-4-8-14/h2-3,6,14-15H,1,4-5,7-9H2,(H,12,16). The van der Waals surface area contributed by atoms with Crippen LogP contribution < -0.4 is 5.43 Å². The van der Waals surface area contributed by atoms with Crippen LogP contribution in [0.2, 0.25) is 0 Å². The number of hydrogen-bond acceptors (Lipinski definition) is 4. The number of rotatable bonds is 7. The molecule has 6 heteroatoms. The van der Waals surface area contributed by atoms with E-state index in [-0.39, 0.29) is 19.8 Å². The summed E-state index contributed by atoms with van der Waals surface area (Å²) in [6.07, 6.45) is 4.55. The van der Waals surface area contributed by atoms with Gasteiger partial charge >= 0.3 is 0 Å². The fraction of sp³-hybridized carbons (Fsp3) is 0.455. The fourth-order valence-electron chi connectivity index (χ4n) is 0.995. The van der Waals surface area contributed by atoms with E-state index in [9.17, 15) is 9.59 Å². The highest BCUT2D eigenvalue weighted by atomic mass is 16.3. The molecule has 0 spiro atoms. The lowest BCUT2D eigenvalue weighted by molar-refractivity contribution is -0.136. The van der Waals surface area contributed by atoms with E-state index in [1.807, 2.05) is 0 Å². The molecule has 0 aromatic heterocycles. The minimum atomic E-state index is -0.466. The van der Waals surface area contributed by atoms with Gasteiger partial charge in [-0.2, -0.15) is 0 Å². The predicted octanol–water partition coefficient (Wildman–Crippen LogP) is -0.647. The lowest BCUT2D eigenvalue weighted by atomic mass is 10.4. The van der Waals surface area contributed by atoms with Gasteiger partial charge in [0.05, 0.1) is 0 Å². The molecule has 0 aliphatic rings. The van der Waals surface area contributed by atoms with Gasteiger partial charge in [-0.05, 0) is 18.9 Å². The second kappa shape index (κ2) is 9.56. The summed E-state index contributed by atoms with van der Waals surface area (Å²) >= 11 is 0. The first-order chi connectivity index (χ1) is 8.15. The van der Waals surface area contributed by atoms with Crippen molar-refractivity contribution < 1.29 is 19.8 Å². The summed E-state index contributed by atoms with van der Waals surface area (Å²) in [5, 5.41) is 18.3. The summed E-state index contributed by atoms with van der Waals surface area (Å²) in [6, 6.07) is 0. The molecule has 0 heterocycles. The van der Waals surface area contributed by atoms with Gasteiger partial charge in [0.25, 0.3) is 11.8 Å². The lowest BCUT2D eigenvalue weighted by Crippen LogP contribution is -2.45. The van der Waals surface area contributed by atoms with Crippen molar-refractivity contribution in [3.05, 3.63) is 24.8 Å². The van der Waals surface area contributed by atoms with Crippen molar-refractivity contribution in [1.29, 1.82) is 0 Å². The van der Waals surface area contributed by atoms with Crippen molar-refractivity contribution >= 4 is 11.8 Å². The van der Waals surface area contributed by atoms with E-state index in [1.54, 1.807) is 0 Å². The van der Waals surface area contributed by atoms with Gasteiger partial charge in [0.2, 0.25) is 0 Å². The van der Waals surface area contributed by atoms with Gasteiger partial charge in [0.15, 0.2) is 0 Å². The Labute approximate surface area is 100 Å². The minimum Gasteiger partial charge on any atom is -0.396 e. The maximum Gasteiger partial charge on any atom is 0.264 e. The highest BCUT2D eigenvalue weighted by molar-refractivity contribution is 5.92. The number of amides is 2. The lowest BCUT2D eigenvalue weighted by Gasteiger charge is -2.20. The van der Waals surface area contributed by atoms with E-state index in [1.165, 1.54) is 12.2 Å². The van der Waals surface area contributed by atoms with E-state index < -0.39 is 11.8 Å². The molecule has 2 amide bonds. The van der Waals surface area contributed by atoms with Gasteiger partial charge in [-0.1, -0.05) is 12.7 Å². The van der Waals surface area contributed by atoms with Crippen molar-refractivity contribution in [2.75, 3.05) is 19.8 Å². The Kier molecular flexibility index (Phi) is 8.62. The summed E-state index contributed by atoms with van der Waals surface area (Å²) < 4.78 is 0. The van der Waals surface area contributed by atoms with E-state index in [4.69, 9.17) is 10.2 Å². The van der Waals surface area contributed by atoms with E-state index in [0.717, 1.165) is 11.1 Å². The Hall–Kier alpha value is -1.66. The summed E-state index contributed by atoms with van der Waals surface area (Å²) in [7, 11) is 0. The van der Waals surface area contributed by atoms with Gasteiger partial charge in [0.1, 0.15) is 0 Å². The Morgan fingerprint density at radius 2 is 2.00 bits per heavy atom. The maximum atomic E-state index is 11.3. The second-order valence-corrected chi connectivity index (χ2v) is 3.16. The molecule has 0 radical (unpaired) electrons. The Morgan fingerprint density at radius 1 is 1.29 bits per heavy atom. The number of nitrogens with zero attached hydrogens (tertiary/aromatic N) is 1. The van der Waals surface area contributed by atoms with Crippen LogP contribution in [0.25, 0.3) is 0 Å². The largest absolute Gasteiger partial charge is 0.396 e. The average Bonchev–Trinajstić information content (AvgIpc) is 2.33. The Balaban J connectivity index is 4.26. The van der Waals surface area contributed by atoms with Gasteiger partial charge in [-0.25, -0.2) is 0 Å². The van der Waals surface area contributed by atoms with Crippen LogP contribution in [0, 0.1) is 0 Å². The molecule has 0 aromatic rings. The number of carbonyl (C=O) groups excluding carboxylic acids is 2. The summed E-state index contributed by atoms with van der Waals surface area (Å²) in [4.78, 5) is 22.7. The molecule has 0 bridgehead atoms. The minimum absolute atomic E-state index is 0.0381. The monoisotopic (exact) mass is 242 g/mol. The zero-order chi connectivity index (χ0) is 13.1. The maximum absolute atomic E-state index is 11.3. The molecule has 0 rings (SSSR count). The van der Waals surface area contributed by atoms with Gasteiger partial charge in [-0.3, -0.25) is 20.0 Å². The molecule has 3 N–H and O–H groups in total. The molecule has 0 saturated carbocycles. The third kappa shape index (κ3) is 7.26. The van der Waals surface area contributed by atoms with Crippen LogP contribution in [0.1, 0.15) is 12.8 Å². The molecule has 0 fully saturated rings. The summed E-state index contributed by atoms with van der Waals surface area (Å²) in [6.45, 7) is 3.42. The van der Waals surface area contributed by atoms with Crippen molar-refractivity contribution in [3.8, 4) is 0 Å². The van der Waals surface area contributed by atoms with Gasteiger partial charge in [-0.15, -0.1) is 0 Å². The van der Waals surface area contributed by atoms with Crippen molar-refractivity contribution in [3.63, 3.8) is 0 Å². The first-order valence-electron chi connectivity index (χ1n) is 5.28. The molecule has 0 unspecified atom stereocenters. The zero-order valence-corrected chi connectivity index (χ0v) is 9.63. The van der Waals surface area contributed by atoms with Crippen LogP contribution in [-0.4, -0.2) is 46.8 Å². The number of hydrogen-bond donors (Lipinski definition) is 3. The number of carbonyl (C=O) groups is 2. The van der Waals surface area contributed by atoms with Crippen LogP contribution in [-0.2, 0) is 9.59 Å². The first-order valence-corrected chi connectivity index (χ1v) is 5.28. The Morgan fingerprint density at radius 3 is 2.53 bits per heavy atom. The molecule has 6 nitrogen and oxygen atoms in total. The fourth-order valence-corrected chi connectivity index (χ4v) is 0.995. The van der Waals surface area contributed by atoms with Gasteiger partial charge in [0, 0.05) is 25.8 Å². The number of aliphatic hydroxyl groups excluding tert-OH is 2. The molecular formula is C11H18N2O4. The van der Waals surface area contributed by atoms with Crippen LogP contribution >= 0.6 is 0 Å². The van der Waals surface area contributed by atoms with Crippen molar-refractivity contribution in [2.24, 2.45) is 0 Å². The third-order valence-electron chi connectivity index (χ3n) is 1.79. The number of nitrogens with one attached hydrogen (secondary N) is 1. The molecule has 0 atom stereocenters. The highest BCUT2D eigenvalue weighted by Gasteiger charge is 2.11. The van der Waals surface area contributed by atoms with Crippen LogP contribution in [0.4, 0.5) is 0 Å². The van der Waals surface area contributed by atoms with E-state index in [0.29, 0.717) is 12.8 Å². The normalized spacial score (nSPS) is 10.2. The molecule has 0 saturated heterocycles. The topological polar surface area (TPSA) is 89.9 Å². The van der Waals surface area contributed by atoms with Crippen LogP contribution in [0.3, 0.4) is 0 Å². The van der Waals surface area contributed by atoms with Crippen LogP contribution in [0.5, 0.6) is 0 Å². The number of hydrazine groups is 1. The zero-order valence-electron chi connectivity index (χ0n) is 9.63. The molecule has 0 aromatic carbocycles. The van der Waals surface area contributed by atoms with Crippen molar-refractivity contribution in [2.45, 2.75) is 12.8 Å². The molecule has 0 aliphatic carbocycles. The van der Waals surface area contributed by atoms with Crippen molar-refractivity contribution in [1.82, 2.24) is 10.4 Å².